The molecule has 2 N–H and O–H groups in total. The first kappa shape index (κ1) is 9.44. The van der Waals surface area contributed by atoms with Crippen molar-refractivity contribution in [3.63, 3.8) is 0 Å². The molecule has 2 aliphatic heterocycles. The fourth-order valence-electron chi connectivity index (χ4n) is 2.17. The van der Waals surface area contributed by atoms with E-state index in [1.807, 2.05) is 0 Å². The minimum Gasteiger partial charge on any atom is -0.381 e. The third-order valence-electron chi connectivity index (χ3n) is 3.07. The molecule has 13 heavy (non-hydrogen) atoms. The molecule has 3 heteroatoms. The largest absolute Gasteiger partial charge is 0.381 e. The van der Waals surface area contributed by atoms with Crippen molar-refractivity contribution in [2.45, 2.75) is 12.8 Å². The second-order valence-corrected chi connectivity index (χ2v) is 4.42. The van der Waals surface area contributed by atoms with Gasteiger partial charge < -0.3 is 15.4 Å². The third kappa shape index (κ3) is 2.42. The van der Waals surface area contributed by atoms with E-state index in [0.717, 1.165) is 31.6 Å². The van der Waals surface area contributed by atoms with Crippen LogP contribution in [-0.2, 0) is 4.74 Å². The molecule has 2 heterocycles. The van der Waals surface area contributed by atoms with Crippen LogP contribution in [0.1, 0.15) is 12.8 Å². The molecular formula is C10H20N2O. The van der Waals surface area contributed by atoms with Gasteiger partial charge in [0.2, 0.25) is 0 Å². The van der Waals surface area contributed by atoms with Gasteiger partial charge in [0.15, 0.2) is 0 Å². The van der Waals surface area contributed by atoms with Crippen LogP contribution < -0.4 is 5.73 Å². The Morgan fingerprint density at radius 3 is 2.54 bits per heavy atom. The average Bonchev–Trinajstić information content (AvgIpc) is 1.97. The fourth-order valence-corrected chi connectivity index (χ4v) is 2.17. The zero-order chi connectivity index (χ0) is 9.10. The van der Waals surface area contributed by atoms with Gasteiger partial charge in [-0.3, -0.25) is 0 Å². The summed E-state index contributed by atoms with van der Waals surface area (Å²) in [6.45, 7) is 6.70. The first-order valence-corrected chi connectivity index (χ1v) is 5.38. The standard InChI is InChI=1S/C10H20N2O/c11-3-1-2-9-4-12(5-9)6-10-7-13-8-10/h9-10H,1-8,11H2. The smallest absolute Gasteiger partial charge is 0.0528 e. The van der Waals surface area contributed by atoms with E-state index < -0.39 is 0 Å². The topological polar surface area (TPSA) is 38.5 Å². The Hall–Kier alpha value is -0.120. The predicted molar refractivity (Wildman–Crippen MR) is 52.5 cm³/mol. The van der Waals surface area contributed by atoms with Crippen LogP contribution in [0.25, 0.3) is 0 Å². The Kier molecular flexibility index (Phi) is 3.19. The van der Waals surface area contributed by atoms with Crippen LogP contribution in [0.15, 0.2) is 0 Å². The van der Waals surface area contributed by atoms with E-state index in [2.05, 4.69) is 4.90 Å². The van der Waals surface area contributed by atoms with Crippen molar-refractivity contribution in [1.82, 2.24) is 4.90 Å². The average molecular weight is 184 g/mol. The summed E-state index contributed by atoms with van der Waals surface area (Å²) in [6.07, 6.45) is 2.53. The molecule has 0 aromatic carbocycles. The summed E-state index contributed by atoms with van der Waals surface area (Å²) in [5.41, 5.74) is 5.47. The van der Waals surface area contributed by atoms with Gasteiger partial charge in [-0.05, 0) is 25.3 Å². The van der Waals surface area contributed by atoms with Gasteiger partial charge in [0, 0.05) is 25.6 Å². The number of likely N-dealkylation sites (tertiary alicyclic amines) is 1. The molecule has 0 atom stereocenters. The molecule has 2 rings (SSSR count). The summed E-state index contributed by atoms with van der Waals surface area (Å²) in [4.78, 5) is 2.55. The Balaban J connectivity index is 1.51. The van der Waals surface area contributed by atoms with Gasteiger partial charge in [-0.15, -0.1) is 0 Å². The number of hydrogen-bond donors (Lipinski definition) is 1. The van der Waals surface area contributed by atoms with Crippen molar-refractivity contribution in [2.24, 2.45) is 17.6 Å². The third-order valence-corrected chi connectivity index (χ3v) is 3.07. The minimum atomic E-state index is 0.829. The monoisotopic (exact) mass is 184 g/mol. The summed E-state index contributed by atoms with van der Waals surface area (Å²) in [5.74, 6) is 1.76. The van der Waals surface area contributed by atoms with E-state index >= 15 is 0 Å². The lowest BCUT2D eigenvalue weighted by Gasteiger charge is -2.43. The van der Waals surface area contributed by atoms with E-state index in [4.69, 9.17) is 10.5 Å². The highest BCUT2D eigenvalue weighted by Gasteiger charge is 2.30. The number of rotatable bonds is 5. The van der Waals surface area contributed by atoms with Crippen molar-refractivity contribution < 1.29 is 4.74 Å². The zero-order valence-corrected chi connectivity index (χ0v) is 8.24. The first-order valence-electron chi connectivity index (χ1n) is 5.38. The molecule has 0 unspecified atom stereocenters. The summed E-state index contributed by atoms with van der Waals surface area (Å²) in [6, 6.07) is 0. The van der Waals surface area contributed by atoms with Crippen LogP contribution >= 0.6 is 0 Å². The van der Waals surface area contributed by atoms with Gasteiger partial charge in [0.1, 0.15) is 0 Å². The van der Waals surface area contributed by atoms with Crippen molar-refractivity contribution in [2.75, 3.05) is 39.4 Å². The van der Waals surface area contributed by atoms with E-state index in [9.17, 15) is 0 Å². The van der Waals surface area contributed by atoms with Crippen molar-refractivity contribution in [3.8, 4) is 0 Å². The normalized spacial score (nSPS) is 25.6. The maximum Gasteiger partial charge on any atom is 0.0528 e. The second kappa shape index (κ2) is 4.40. The van der Waals surface area contributed by atoms with Crippen LogP contribution in [0, 0.1) is 11.8 Å². The van der Waals surface area contributed by atoms with Crippen LogP contribution in [-0.4, -0.2) is 44.3 Å². The predicted octanol–water partition coefficient (Wildman–Crippen LogP) is 0.304. The van der Waals surface area contributed by atoms with Gasteiger partial charge in [-0.1, -0.05) is 0 Å². The summed E-state index contributed by atoms with van der Waals surface area (Å²) in [5, 5.41) is 0. The quantitative estimate of drug-likeness (QED) is 0.668. The molecular weight excluding hydrogens is 164 g/mol. The zero-order valence-electron chi connectivity index (χ0n) is 8.24. The molecule has 2 fully saturated rings. The van der Waals surface area contributed by atoms with Crippen molar-refractivity contribution in [1.29, 1.82) is 0 Å². The maximum atomic E-state index is 5.47. The molecule has 0 bridgehead atoms. The molecule has 0 aromatic rings. The highest BCUT2D eigenvalue weighted by Crippen LogP contribution is 2.23. The Morgan fingerprint density at radius 1 is 1.23 bits per heavy atom. The Morgan fingerprint density at radius 2 is 2.00 bits per heavy atom. The summed E-state index contributed by atoms with van der Waals surface area (Å²) in [7, 11) is 0. The molecule has 0 aromatic heterocycles. The highest BCUT2D eigenvalue weighted by molar-refractivity contribution is 4.82. The second-order valence-electron chi connectivity index (χ2n) is 4.42. The van der Waals surface area contributed by atoms with E-state index in [0.29, 0.717) is 0 Å². The molecule has 0 radical (unpaired) electrons. The first-order chi connectivity index (χ1) is 6.38. The molecule has 76 valence electrons. The highest BCUT2D eigenvalue weighted by atomic mass is 16.5. The number of ether oxygens (including phenoxy) is 1. The van der Waals surface area contributed by atoms with Gasteiger partial charge in [-0.25, -0.2) is 0 Å². The molecule has 0 aliphatic carbocycles. The number of nitrogens with two attached hydrogens (primary N) is 1. The molecule has 0 amide bonds. The van der Waals surface area contributed by atoms with Crippen LogP contribution in [0.5, 0.6) is 0 Å². The molecule has 0 spiro atoms. The fraction of sp³-hybridized carbons (Fsp3) is 1.00. The van der Waals surface area contributed by atoms with Gasteiger partial charge in [0.05, 0.1) is 13.2 Å². The SMILES string of the molecule is NCCCC1CN(CC2COC2)C1. The van der Waals surface area contributed by atoms with Crippen LogP contribution in [0.3, 0.4) is 0 Å². The summed E-state index contributed by atoms with van der Waals surface area (Å²) >= 11 is 0. The van der Waals surface area contributed by atoms with Crippen molar-refractivity contribution >= 4 is 0 Å². The van der Waals surface area contributed by atoms with Gasteiger partial charge in [0.25, 0.3) is 0 Å². The molecule has 3 nitrogen and oxygen atoms in total. The number of hydrogen-bond acceptors (Lipinski definition) is 3. The van der Waals surface area contributed by atoms with Gasteiger partial charge >= 0.3 is 0 Å². The van der Waals surface area contributed by atoms with Crippen LogP contribution in [0.4, 0.5) is 0 Å². The van der Waals surface area contributed by atoms with E-state index in [1.165, 1.54) is 32.5 Å². The molecule has 0 saturated carbocycles. The maximum absolute atomic E-state index is 5.47. The molecule has 2 aliphatic rings. The lowest BCUT2D eigenvalue weighted by Crippen LogP contribution is -2.51. The van der Waals surface area contributed by atoms with Gasteiger partial charge in [-0.2, -0.15) is 0 Å². The summed E-state index contributed by atoms with van der Waals surface area (Å²) < 4.78 is 5.15. The minimum absolute atomic E-state index is 0.829. The van der Waals surface area contributed by atoms with Crippen molar-refractivity contribution in [3.05, 3.63) is 0 Å². The van der Waals surface area contributed by atoms with Crippen LogP contribution in [0.2, 0.25) is 0 Å². The number of nitrogens with zero attached hydrogens (tertiary/aromatic N) is 1. The Bertz CT molecular complexity index is 153. The van der Waals surface area contributed by atoms with E-state index in [1.54, 1.807) is 0 Å². The molecule has 2 saturated heterocycles. The lowest BCUT2D eigenvalue weighted by molar-refractivity contribution is -0.0621. The lowest BCUT2D eigenvalue weighted by atomic mass is 9.93. The van der Waals surface area contributed by atoms with E-state index in [-0.39, 0.29) is 0 Å². The Labute approximate surface area is 80.2 Å².